The average molecular weight is 475 g/mol. The monoisotopic (exact) mass is 474 g/mol. The van der Waals surface area contributed by atoms with Crippen molar-refractivity contribution in [3.8, 4) is 0 Å². The van der Waals surface area contributed by atoms with Crippen LogP contribution in [0, 0.1) is 106 Å². The van der Waals surface area contributed by atoms with Crippen molar-refractivity contribution in [2.45, 2.75) is 111 Å². The van der Waals surface area contributed by atoms with E-state index in [-0.39, 0.29) is 0 Å². The maximum absolute atomic E-state index is 2.65. The van der Waals surface area contributed by atoms with Crippen LogP contribution in [0.4, 0.5) is 0 Å². The smallest absolute Gasteiger partial charge is 0.0193 e. The summed E-state index contributed by atoms with van der Waals surface area (Å²) >= 11 is 0. The topological polar surface area (TPSA) is 0 Å². The molecule has 0 nitrogen and oxygen atoms in total. The van der Waals surface area contributed by atoms with Gasteiger partial charge in [-0.25, -0.2) is 0 Å². The van der Waals surface area contributed by atoms with Gasteiger partial charge in [-0.15, -0.1) is 0 Å². The Labute approximate surface area is 216 Å². The van der Waals surface area contributed by atoms with Gasteiger partial charge >= 0.3 is 0 Å². The molecular formula is C35H54. The Morgan fingerprint density at radius 3 is 2.20 bits per heavy atom. The van der Waals surface area contributed by atoms with E-state index in [9.17, 15) is 0 Å². The first-order valence-electron chi connectivity index (χ1n) is 17.0. The van der Waals surface area contributed by atoms with E-state index in [4.69, 9.17) is 0 Å². The summed E-state index contributed by atoms with van der Waals surface area (Å²) in [5.74, 6) is 19.3. The van der Waals surface area contributed by atoms with Crippen molar-refractivity contribution >= 4 is 0 Å². The van der Waals surface area contributed by atoms with Crippen LogP contribution >= 0.6 is 0 Å². The van der Waals surface area contributed by atoms with Gasteiger partial charge in [0, 0.05) is 0 Å². The Balaban J connectivity index is 1.20. The van der Waals surface area contributed by atoms with E-state index < -0.39 is 0 Å². The van der Waals surface area contributed by atoms with Crippen molar-refractivity contribution in [1.82, 2.24) is 0 Å². The summed E-state index contributed by atoms with van der Waals surface area (Å²) in [5.41, 5.74) is 0.828. The van der Waals surface area contributed by atoms with Gasteiger partial charge < -0.3 is 0 Å². The minimum absolute atomic E-state index is 0.828. The molecule has 9 rings (SSSR count). The second kappa shape index (κ2) is 7.34. The molecule has 0 heterocycles. The van der Waals surface area contributed by atoms with Gasteiger partial charge in [-0.1, -0.05) is 40.0 Å². The first kappa shape index (κ1) is 21.9. The third-order valence-electron chi connectivity index (χ3n) is 16.1. The maximum atomic E-state index is 2.65. The lowest BCUT2D eigenvalue weighted by Gasteiger charge is -2.61. The van der Waals surface area contributed by atoms with Gasteiger partial charge in [-0.3, -0.25) is 0 Å². The molecule has 9 saturated carbocycles. The summed E-state index contributed by atoms with van der Waals surface area (Å²) < 4.78 is 0. The average Bonchev–Trinajstić information content (AvgIpc) is 3.54. The fourth-order valence-corrected chi connectivity index (χ4v) is 16.1. The summed E-state index contributed by atoms with van der Waals surface area (Å²) in [6, 6.07) is 0. The zero-order chi connectivity index (χ0) is 23.2. The molecule has 0 amide bonds. The van der Waals surface area contributed by atoms with E-state index in [2.05, 4.69) is 20.8 Å². The van der Waals surface area contributed by atoms with Crippen molar-refractivity contribution in [1.29, 1.82) is 0 Å². The van der Waals surface area contributed by atoms with E-state index in [1.165, 1.54) is 41.4 Å². The van der Waals surface area contributed by atoms with E-state index in [1.54, 1.807) is 89.9 Å². The summed E-state index contributed by atoms with van der Waals surface area (Å²) in [6.45, 7) is 7.82. The van der Waals surface area contributed by atoms with Crippen LogP contribution in [0.15, 0.2) is 0 Å². The van der Waals surface area contributed by atoms with E-state index in [0.29, 0.717) is 0 Å². The highest BCUT2D eigenvalue weighted by atomic mass is 14.8. The summed E-state index contributed by atoms with van der Waals surface area (Å²) in [6.07, 6.45) is 23.0. The standard InChI is InChI=1S/C35H54/c1-18(2)23-14-25-13-22-9-8-21-10-19(3)11-26-17-35(33(22)30(21)26)32(25)28(15-23)29-16-24-12-20-6-4-5-7-27(20)31(24)34(29)35/h18-34H,4-17H2,1-3H3. The van der Waals surface area contributed by atoms with E-state index in [1.807, 2.05) is 0 Å². The number of fused-ring (bicyclic) bond motifs is 6. The summed E-state index contributed by atoms with van der Waals surface area (Å²) in [7, 11) is 0. The Hall–Kier alpha value is 0. The fraction of sp³-hybridized carbons (Fsp3) is 1.00. The Morgan fingerprint density at radius 1 is 0.543 bits per heavy atom. The highest BCUT2D eigenvalue weighted by Crippen LogP contribution is 2.83. The van der Waals surface area contributed by atoms with Crippen molar-refractivity contribution in [3.05, 3.63) is 0 Å². The summed E-state index contributed by atoms with van der Waals surface area (Å²) in [5, 5.41) is 0. The SMILES string of the molecule is CC1CC2CCC3CC4CC(C(C)C)CC5C6CC7CC8CCCCC8C7C6C6(CC(C1)C2C36)C45. The molecule has 0 bridgehead atoms. The first-order valence-corrected chi connectivity index (χ1v) is 17.0. The molecule has 0 heteroatoms. The second-order valence-corrected chi connectivity index (χ2v) is 17.2. The van der Waals surface area contributed by atoms with Gasteiger partial charge in [0.1, 0.15) is 0 Å². The van der Waals surface area contributed by atoms with Gasteiger partial charge in [0.2, 0.25) is 0 Å². The molecule has 0 aromatic heterocycles. The van der Waals surface area contributed by atoms with Crippen LogP contribution in [0.5, 0.6) is 0 Å². The van der Waals surface area contributed by atoms with Crippen molar-refractivity contribution in [2.75, 3.05) is 0 Å². The van der Waals surface area contributed by atoms with Crippen LogP contribution in [0.25, 0.3) is 0 Å². The van der Waals surface area contributed by atoms with E-state index >= 15 is 0 Å². The molecule has 0 saturated heterocycles. The lowest BCUT2D eigenvalue weighted by Crippen LogP contribution is -2.55. The lowest BCUT2D eigenvalue weighted by molar-refractivity contribution is -0.128. The zero-order valence-corrected chi connectivity index (χ0v) is 23.2. The molecule has 17 atom stereocenters. The molecule has 9 aliphatic carbocycles. The highest BCUT2D eigenvalue weighted by Gasteiger charge is 2.78. The van der Waals surface area contributed by atoms with Crippen molar-refractivity contribution < 1.29 is 0 Å². The van der Waals surface area contributed by atoms with Crippen LogP contribution in [-0.2, 0) is 0 Å². The molecule has 35 heavy (non-hydrogen) atoms. The predicted octanol–water partition coefficient (Wildman–Crippen LogP) is 9.09. The number of hydrogen-bond acceptors (Lipinski definition) is 0. The Bertz CT molecular complexity index is 871. The van der Waals surface area contributed by atoms with Gasteiger partial charge in [-0.2, -0.15) is 0 Å². The Kier molecular flexibility index (Phi) is 4.59. The number of hydrogen-bond donors (Lipinski definition) is 0. The van der Waals surface area contributed by atoms with Crippen LogP contribution in [-0.4, -0.2) is 0 Å². The lowest BCUT2D eigenvalue weighted by atomic mass is 9.44. The third kappa shape index (κ3) is 2.63. The predicted molar refractivity (Wildman–Crippen MR) is 143 cm³/mol. The normalized spacial score (nSPS) is 65.5. The molecular weight excluding hydrogens is 420 g/mol. The van der Waals surface area contributed by atoms with Crippen LogP contribution in [0.2, 0.25) is 0 Å². The van der Waals surface area contributed by atoms with Crippen LogP contribution in [0.3, 0.4) is 0 Å². The molecule has 0 N–H and O–H groups in total. The minimum Gasteiger partial charge on any atom is -0.0625 e. The maximum Gasteiger partial charge on any atom is -0.0193 e. The highest BCUT2D eigenvalue weighted by molar-refractivity contribution is 5.25. The minimum atomic E-state index is 0.828. The van der Waals surface area contributed by atoms with Gasteiger partial charge in [0.05, 0.1) is 0 Å². The first-order chi connectivity index (χ1) is 17.0. The molecule has 194 valence electrons. The molecule has 9 fully saturated rings. The number of rotatable bonds is 1. The molecule has 0 aromatic rings. The van der Waals surface area contributed by atoms with Gasteiger partial charge in [-0.05, 0) is 177 Å². The molecule has 9 aliphatic rings. The van der Waals surface area contributed by atoms with Gasteiger partial charge in [0.25, 0.3) is 0 Å². The van der Waals surface area contributed by atoms with E-state index in [0.717, 1.165) is 64.6 Å². The molecule has 1 spiro atoms. The Morgan fingerprint density at radius 2 is 1.31 bits per heavy atom. The molecule has 0 aromatic carbocycles. The van der Waals surface area contributed by atoms with Crippen molar-refractivity contribution in [2.24, 2.45) is 106 Å². The van der Waals surface area contributed by atoms with Crippen molar-refractivity contribution in [3.63, 3.8) is 0 Å². The van der Waals surface area contributed by atoms with Crippen LogP contribution in [0.1, 0.15) is 111 Å². The fourth-order valence-electron chi connectivity index (χ4n) is 16.1. The second-order valence-electron chi connectivity index (χ2n) is 17.2. The largest absolute Gasteiger partial charge is 0.0625 e. The van der Waals surface area contributed by atoms with Crippen LogP contribution < -0.4 is 0 Å². The molecule has 17 unspecified atom stereocenters. The third-order valence-corrected chi connectivity index (χ3v) is 16.1. The summed E-state index contributed by atoms with van der Waals surface area (Å²) in [4.78, 5) is 0. The quantitative estimate of drug-likeness (QED) is 0.355. The molecule has 0 aliphatic heterocycles. The zero-order valence-electron chi connectivity index (χ0n) is 23.2. The van der Waals surface area contributed by atoms with Gasteiger partial charge in [0.15, 0.2) is 0 Å². The molecule has 0 radical (unpaired) electrons.